The Morgan fingerprint density at radius 1 is 0.793 bits per heavy atom. The van der Waals surface area contributed by atoms with Crippen molar-refractivity contribution in [3.8, 4) is 0 Å². The summed E-state index contributed by atoms with van der Waals surface area (Å²) in [6.07, 6.45) is 31.6. The molecule has 1 heteroatoms. The molecule has 0 N–H and O–H groups in total. The molecule has 0 aromatic rings. The second-order valence-corrected chi connectivity index (χ2v) is 13.7. The molecule has 0 amide bonds. The molecule has 0 aromatic heterocycles. The Morgan fingerprint density at radius 3 is 2.34 bits per heavy atom. The lowest BCUT2D eigenvalue weighted by molar-refractivity contribution is 0.611. The molecule has 0 saturated heterocycles. The normalized spacial score (nSPS) is 27.7. The van der Waals surface area contributed by atoms with Crippen molar-refractivity contribution in [2.45, 2.75) is 33.4 Å². The maximum absolute atomic E-state index is 2.59. The van der Waals surface area contributed by atoms with E-state index < -0.39 is 8.07 Å². The summed E-state index contributed by atoms with van der Waals surface area (Å²) in [4.78, 5) is 0. The highest BCUT2D eigenvalue weighted by molar-refractivity contribution is 6.92. The maximum Gasteiger partial charge on any atom is 0.113 e. The van der Waals surface area contributed by atoms with Gasteiger partial charge >= 0.3 is 0 Å². The van der Waals surface area contributed by atoms with Crippen molar-refractivity contribution in [2.75, 3.05) is 0 Å². The van der Waals surface area contributed by atoms with Gasteiger partial charge in [0.15, 0.2) is 0 Å². The van der Waals surface area contributed by atoms with Crippen LogP contribution in [0.5, 0.6) is 0 Å². The van der Waals surface area contributed by atoms with Crippen LogP contribution in [0.3, 0.4) is 0 Å². The summed E-state index contributed by atoms with van der Waals surface area (Å²) < 4.78 is 0. The molecule has 3 atom stereocenters. The van der Waals surface area contributed by atoms with Crippen molar-refractivity contribution in [3.05, 3.63) is 117 Å². The second kappa shape index (κ2) is 6.85. The second-order valence-electron chi connectivity index (χ2n) is 9.33. The van der Waals surface area contributed by atoms with Crippen molar-refractivity contribution < 1.29 is 0 Å². The summed E-state index contributed by atoms with van der Waals surface area (Å²) in [5.41, 5.74) is 7.54. The Morgan fingerprint density at radius 2 is 1.55 bits per heavy atom. The van der Waals surface area contributed by atoms with Gasteiger partial charge in [0, 0.05) is 11.8 Å². The average Bonchev–Trinajstić information content (AvgIpc) is 3.36. The van der Waals surface area contributed by atoms with Gasteiger partial charge in [-0.15, -0.1) is 0 Å². The summed E-state index contributed by atoms with van der Waals surface area (Å²) in [5.74, 6) is 1.56. The molecule has 0 bridgehead atoms. The molecule has 0 radical (unpaired) electrons. The van der Waals surface area contributed by atoms with E-state index in [2.05, 4.69) is 106 Å². The van der Waals surface area contributed by atoms with E-state index in [0.717, 1.165) is 0 Å². The number of fused-ring (bicyclic) bond motifs is 3. The summed E-state index contributed by atoms with van der Waals surface area (Å²) in [7, 11) is -1.83. The van der Waals surface area contributed by atoms with Crippen LogP contribution in [0.25, 0.3) is 0 Å². The van der Waals surface area contributed by atoms with Crippen molar-refractivity contribution >= 4 is 8.07 Å². The number of allylic oxidation sites excluding steroid dienone is 20. The lowest BCUT2D eigenvalue weighted by Crippen LogP contribution is -2.32. The highest BCUT2D eigenvalue weighted by Crippen LogP contribution is 2.48. The number of hydrogen-bond acceptors (Lipinski definition) is 0. The minimum Gasteiger partial charge on any atom is -0.0732 e. The van der Waals surface area contributed by atoms with Crippen LogP contribution in [0.15, 0.2) is 117 Å². The smallest absolute Gasteiger partial charge is 0.0732 e. The minimum atomic E-state index is -1.83. The first-order valence-corrected chi connectivity index (χ1v) is 14.0. The molecule has 146 valence electrons. The fourth-order valence-corrected chi connectivity index (χ4v) is 8.63. The molecular weight excluding hydrogens is 364 g/mol. The lowest BCUT2D eigenvalue weighted by atomic mass is 9.84. The minimum absolute atomic E-state index is 0.439. The zero-order valence-electron chi connectivity index (χ0n) is 17.9. The van der Waals surface area contributed by atoms with E-state index in [0.29, 0.717) is 17.8 Å². The predicted octanol–water partition coefficient (Wildman–Crippen LogP) is 7.27. The number of hydrogen-bond donors (Lipinski definition) is 0. The first-order valence-electron chi connectivity index (χ1n) is 11.0. The average molecular weight is 395 g/mol. The van der Waals surface area contributed by atoms with Gasteiger partial charge in [0.2, 0.25) is 0 Å². The zero-order chi connectivity index (χ0) is 20.2. The molecular formula is C28H30Si. The fraction of sp³-hybridized carbons (Fsp3) is 0.286. The first-order chi connectivity index (χ1) is 14.0. The van der Waals surface area contributed by atoms with Crippen LogP contribution in [-0.4, -0.2) is 8.07 Å². The number of rotatable bonds is 4. The topological polar surface area (TPSA) is 0 Å². The van der Waals surface area contributed by atoms with Gasteiger partial charge in [0.1, 0.15) is 8.07 Å². The summed E-state index contributed by atoms with van der Waals surface area (Å²) in [6.45, 7) is 9.79. The van der Waals surface area contributed by atoms with Gasteiger partial charge in [-0.25, -0.2) is 0 Å². The summed E-state index contributed by atoms with van der Waals surface area (Å²) in [5, 5.41) is 3.22. The third-order valence-electron chi connectivity index (χ3n) is 7.38. The van der Waals surface area contributed by atoms with E-state index >= 15 is 0 Å². The van der Waals surface area contributed by atoms with Gasteiger partial charge in [-0.3, -0.25) is 0 Å². The van der Waals surface area contributed by atoms with Gasteiger partial charge in [-0.05, 0) is 39.8 Å². The van der Waals surface area contributed by atoms with E-state index in [9.17, 15) is 0 Å². The molecule has 0 heterocycles. The van der Waals surface area contributed by atoms with Gasteiger partial charge in [0.25, 0.3) is 0 Å². The molecule has 5 aliphatic rings. The van der Waals surface area contributed by atoms with Gasteiger partial charge in [-0.1, -0.05) is 117 Å². The highest BCUT2D eigenvalue weighted by Gasteiger charge is 2.40. The molecule has 29 heavy (non-hydrogen) atoms. The van der Waals surface area contributed by atoms with E-state index in [-0.39, 0.29) is 0 Å². The molecule has 0 spiro atoms. The molecule has 5 rings (SSSR count). The maximum atomic E-state index is 2.59. The summed E-state index contributed by atoms with van der Waals surface area (Å²) >= 11 is 0. The Bertz CT molecular complexity index is 1070. The van der Waals surface area contributed by atoms with Crippen molar-refractivity contribution in [1.82, 2.24) is 0 Å². The molecule has 0 aromatic carbocycles. The van der Waals surface area contributed by atoms with Crippen LogP contribution in [0.4, 0.5) is 0 Å². The highest BCUT2D eigenvalue weighted by atomic mass is 28.3. The monoisotopic (exact) mass is 394 g/mol. The van der Waals surface area contributed by atoms with E-state index in [1.54, 1.807) is 21.5 Å². The quantitative estimate of drug-likeness (QED) is 0.440. The molecule has 3 unspecified atom stereocenters. The SMILES string of the molecule is CCC(C)C1=CC([Si](C)(C)C2=C3C=CC4C=CC=CC4=C3C=C2)=C2C=CC=CC12. The van der Waals surface area contributed by atoms with Crippen LogP contribution in [0.1, 0.15) is 20.3 Å². The van der Waals surface area contributed by atoms with Crippen LogP contribution in [-0.2, 0) is 0 Å². The molecule has 5 aliphatic carbocycles. The van der Waals surface area contributed by atoms with Crippen LogP contribution >= 0.6 is 0 Å². The Labute approximate surface area is 176 Å². The van der Waals surface area contributed by atoms with Gasteiger partial charge in [0.05, 0.1) is 0 Å². The van der Waals surface area contributed by atoms with Crippen LogP contribution in [0.2, 0.25) is 13.1 Å². The largest absolute Gasteiger partial charge is 0.113 e. The van der Waals surface area contributed by atoms with Gasteiger partial charge in [-0.2, -0.15) is 0 Å². The zero-order valence-corrected chi connectivity index (χ0v) is 18.9. The standard InChI is InChI=1S/C28H30Si/c1-5-19(2)26-18-28(24-13-9-8-12-22(24)26)29(3,4)27-17-16-23-21-11-7-6-10-20(21)14-15-25(23)27/h6-20,22H,5H2,1-4H3. The Kier molecular flexibility index (Phi) is 4.40. The van der Waals surface area contributed by atoms with Crippen molar-refractivity contribution in [1.29, 1.82) is 0 Å². The van der Waals surface area contributed by atoms with Crippen LogP contribution in [0, 0.1) is 17.8 Å². The Hall–Kier alpha value is -2.38. The van der Waals surface area contributed by atoms with E-state index in [1.165, 1.54) is 23.1 Å². The third kappa shape index (κ3) is 2.79. The predicted molar refractivity (Wildman–Crippen MR) is 128 cm³/mol. The van der Waals surface area contributed by atoms with Gasteiger partial charge < -0.3 is 0 Å². The lowest BCUT2D eigenvalue weighted by Gasteiger charge is -2.29. The summed E-state index contributed by atoms with van der Waals surface area (Å²) in [6, 6.07) is 0. The molecule has 0 fully saturated rings. The first kappa shape index (κ1) is 18.6. The van der Waals surface area contributed by atoms with Crippen LogP contribution < -0.4 is 0 Å². The van der Waals surface area contributed by atoms with Crippen molar-refractivity contribution in [3.63, 3.8) is 0 Å². The van der Waals surface area contributed by atoms with Crippen molar-refractivity contribution in [2.24, 2.45) is 17.8 Å². The van der Waals surface area contributed by atoms with E-state index in [1.807, 2.05) is 0 Å². The molecule has 0 saturated carbocycles. The fourth-order valence-electron chi connectivity index (χ4n) is 5.46. The Balaban J connectivity index is 1.63. The van der Waals surface area contributed by atoms with E-state index in [4.69, 9.17) is 0 Å². The molecule has 0 nitrogen and oxygen atoms in total. The molecule has 0 aliphatic heterocycles. The third-order valence-corrected chi connectivity index (χ3v) is 10.9.